The lowest BCUT2D eigenvalue weighted by atomic mass is 10.0. The molecule has 0 radical (unpaired) electrons. The smallest absolute Gasteiger partial charge is 0.282 e. The number of benzene rings is 1. The largest absolute Gasteiger partial charge is 0.357 e. The number of hydrogen-bond donors (Lipinski definition) is 1. The van der Waals surface area contributed by atoms with Crippen molar-refractivity contribution >= 4 is 17.5 Å². The van der Waals surface area contributed by atoms with E-state index in [4.69, 9.17) is 0 Å². The molecule has 3 rings (SSSR count). The molecule has 0 fully saturated rings. The van der Waals surface area contributed by atoms with Crippen LogP contribution in [0.2, 0.25) is 0 Å². The first-order valence-corrected chi connectivity index (χ1v) is 5.77. The molecule has 2 heterocycles. The van der Waals surface area contributed by atoms with E-state index < -0.39 is 0 Å². The molecule has 0 saturated heterocycles. The number of dihydropyridines is 1. The number of imide groups is 1. The minimum absolute atomic E-state index is 0.221. The summed E-state index contributed by atoms with van der Waals surface area (Å²) in [6, 6.07) is 8.99. The third-order valence-electron chi connectivity index (χ3n) is 3.11. The van der Waals surface area contributed by atoms with E-state index in [0.717, 1.165) is 5.57 Å². The Morgan fingerprint density at radius 1 is 1.11 bits per heavy atom. The fourth-order valence-corrected chi connectivity index (χ4v) is 2.22. The Kier molecular flexibility index (Phi) is 2.30. The Balaban J connectivity index is 2.00. The van der Waals surface area contributed by atoms with E-state index in [1.165, 1.54) is 4.90 Å². The van der Waals surface area contributed by atoms with Crippen molar-refractivity contribution in [3.05, 3.63) is 53.4 Å². The van der Waals surface area contributed by atoms with Crippen LogP contribution in [0.1, 0.15) is 13.3 Å². The Labute approximate surface area is 105 Å². The van der Waals surface area contributed by atoms with Gasteiger partial charge in [0, 0.05) is 12.6 Å². The van der Waals surface area contributed by atoms with Gasteiger partial charge in [-0.05, 0) is 19.1 Å². The highest BCUT2D eigenvalue weighted by atomic mass is 16.2. The highest BCUT2D eigenvalue weighted by molar-refractivity contribution is 6.33. The van der Waals surface area contributed by atoms with Crippen molar-refractivity contribution in [3.63, 3.8) is 0 Å². The number of anilines is 1. The molecule has 0 saturated carbocycles. The summed E-state index contributed by atoms with van der Waals surface area (Å²) in [6.07, 6.45) is 2.31. The van der Waals surface area contributed by atoms with E-state index in [1.54, 1.807) is 18.3 Å². The molecule has 1 aromatic carbocycles. The summed E-state index contributed by atoms with van der Waals surface area (Å²) in [6.45, 7) is 1.93. The number of amides is 2. The third kappa shape index (κ3) is 1.46. The van der Waals surface area contributed by atoms with Crippen LogP contribution in [0, 0.1) is 0 Å². The summed E-state index contributed by atoms with van der Waals surface area (Å²) in [7, 11) is 0. The number of para-hydroxylation sites is 1. The average molecular weight is 240 g/mol. The molecule has 2 aliphatic rings. The van der Waals surface area contributed by atoms with E-state index in [0.29, 0.717) is 23.4 Å². The first-order chi connectivity index (χ1) is 8.68. The van der Waals surface area contributed by atoms with Crippen LogP contribution < -0.4 is 10.2 Å². The molecule has 2 amide bonds. The third-order valence-corrected chi connectivity index (χ3v) is 3.11. The van der Waals surface area contributed by atoms with Gasteiger partial charge in [-0.25, -0.2) is 4.90 Å². The van der Waals surface area contributed by atoms with Gasteiger partial charge in [-0.1, -0.05) is 23.8 Å². The normalized spacial score (nSPS) is 18.7. The summed E-state index contributed by atoms with van der Waals surface area (Å²) in [5.74, 6) is -0.494. The van der Waals surface area contributed by atoms with E-state index >= 15 is 0 Å². The molecule has 18 heavy (non-hydrogen) atoms. The van der Waals surface area contributed by atoms with Crippen molar-refractivity contribution in [1.29, 1.82) is 0 Å². The van der Waals surface area contributed by atoms with Crippen LogP contribution >= 0.6 is 0 Å². The topological polar surface area (TPSA) is 49.4 Å². The van der Waals surface area contributed by atoms with Gasteiger partial charge in [0.25, 0.3) is 11.8 Å². The molecule has 4 heteroatoms. The fourth-order valence-electron chi connectivity index (χ4n) is 2.22. The van der Waals surface area contributed by atoms with E-state index in [-0.39, 0.29) is 11.8 Å². The molecule has 1 N–H and O–H groups in total. The summed E-state index contributed by atoms with van der Waals surface area (Å²) in [5.41, 5.74) is 2.63. The molecule has 0 unspecified atom stereocenters. The second-order valence-electron chi connectivity index (χ2n) is 4.45. The van der Waals surface area contributed by atoms with Crippen LogP contribution in [-0.4, -0.2) is 11.8 Å². The van der Waals surface area contributed by atoms with E-state index in [1.807, 2.05) is 25.1 Å². The first kappa shape index (κ1) is 10.8. The summed E-state index contributed by atoms with van der Waals surface area (Å²) in [4.78, 5) is 25.7. The molecule has 0 bridgehead atoms. The van der Waals surface area contributed by atoms with Crippen LogP contribution in [0.25, 0.3) is 0 Å². The van der Waals surface area contributed by atoms with Crippen molar-refractivity contribution in [2.75, 3.05) is 4.90 Å². The maximum absolute atomic E-state index is 12.3. The van der Waals surface area contributed by atoms with Gasteiger partial charge >= 0.3 is 0 Å². The number of hydrogen-bond acceptors (Lipinski definition) is 3. The lowest BCUT2D eigenvalue weighted by molar-refractivity contribution is -0.120. The first-order valence-electron chi connectivity index (χ1n) is 5.77. The number of nitrogens with zero attached hydrogens (tertiary/aromatic N) is 1. The van der Waals surface area contributed by atoms with Gasteiger partial charge in [0.2, 0.25) is 0 Å². The van der Waals surface area contributed by atoms with Crippen molar-refractivity contribution in [1.82, 2.24) is 5.32 Å². The summed E-state index contributed by atoms with van der Waals surface area (Å²) >= 11 is 0. The van der Waals surface area contributed by atoms with Crippen LogP contribution in [-0.2, 0) is 9.59 Å². The van der Waals surface area contributed by atoms with Crippen LogP contribution in [0.15, 0.2) is 53.4 Å². The molecule has 2 aliphatic heterocycles. The Bertz CT molecular complexity index is 599. The van der Waals surface area contributed by atoms with Crippen molar-refractivity contribution < 1.29 is 9.59 Å². The Morgan fingerprint density at radius 2 is 1.83 bits per heavy atom. The van der Waals surface area contributed by atoms with E-state index in [9.17, 15) is 9.59 Å². The predicted octanol–water partition coefficient (Wildman–Crippen LogP) is 1.71. The van der Waals surface area contributed by atoms with Crippen molar-refractivity contribution in [2.45, 2.75) is 13.3 Å². The lowest BCUT2D eigenvalue weighted by Crippen LogP contribution is -2.32. The van der Waals surface area contributed by atoms with E-state index in [2.05, 4.69) is 5.32 Å². The maximum atomic E-state index is 12.3. The fraction of sp³-hybridized carbons (Fsp3) is 0.143. The molecule has 90 valence electrons. The molecule has 4 nitrogen and oxygen atoms in total. The van der Waals surface area contributed by atoms with Crippen LogP contribution in [0.3, 0.4) is 0 Å². The quantitative estimate of drug-likeness (QED) is 0.760. The molecule has 1 aromatic rings. The van der Waals surface area contributed by atoms with Crippen molar-refractivity contribution in [3.8, 4) is 0 Å². The minimum Gasteiger partial charge on any atom is -0.357 e. The number of carbonyl (C=O) groups is 2. The van der Waals surface area contributed by atoms with Gasteiger partial charge in [-0.2, -0.15) is 0 Å². The zero-order valence-electron chi connectivity index (χ0n) is 9.93. The molecular weight excluding hydrogens is 228 g/mol. The second-order valence-corrected chi connectivity index (χ2v) is 4.45. The highest BCUT2D eigenvalue weighted by Crippen LogP contribution is 2.30. The number of nitrogens with one attached hydrogen (secondary N) is 1. The molecule has 0 aliphatic carbocycles. The van der Waals surface area contributed by atoms with Gasteiger partial charge in [-0.15, -0.1) is 0 Å². The summed E-state index contributed by atoms with van der Waals surface area (Å²) < 4.78 is 0. The van der Waals surface area contributed by atoms with Gasteiger partial charge < -0.3 is 5.32 Å². The van der Waals surface area contributed by atoms with Gasteiger partial charge in [-0.3, -0.25) is 9.59 Å². The monoisotopic (exact) mass is 240 g/mol. The predicted molar refractivity (Wildman–Crippen MR) is 67.5 cm³/mol. The zero-order valence-corrected chi connectivity index (χ0v) is 9.93. The Morgan fingerprint density at radius 3 is 2.56 bits per heavy atom. The van der Waals surface area contributed by atoms with Crippen LogP contribution in [0.4, 0.5) is 5.69 Å². The minimum atomic E-state index is -0.273. The SMILES string of the molecule is CC1=CNC2=C(C1)C(=O)N(c1ccccc1)C2=O. The average Bonchev–Trinajstić information content (AvgIpc) is 2.63. The van der Waals surface area contributed by atoms with Crippen molar-refractivity contribution in [2.24, 2.45) is 0 Å². The molecular formula is C14H12N2O2. The molecule has 0 aromatic heterocycles. The maximum Gasteiger partial charge on any atom is 0.282 e. The van der Waals surface area contributed by atoms with Gasteiger partial charge in [0.15, 0.2) is 0 Å². The molecule has 0 atom stereocenters. The summed E-state index contributed by atoms with van der Waals surface area (Å²) in [5, 5.41) is 2.92. The van der Waals surface area contributed by atoms with Crippen LogP contribution in [0.5, 0.6) is 0 Å². The zero-order chi connectivity index (χ0) is 12.7. The number of allylic oxidation sites excluding steroid dienone is 1. The van der Waals surface area contributed by atoms with Gasteiger partial charge in [0.05, 0.1) is 11.3 Å². The number of carbonyl (C=O) groups excluding carboxylic acids is 2. The standard InChI is InChI=1S/C14H12N2O2/c1-9-7-11-12(15-8-9)14(18)16(13(11)17)10-5-3-2-4-6-10/h2-6,8,15H,7H2,1H3. The van der Waals surface area contributed by atoms with Gasteiger partial charge in [0.1, 0.15) is 5.70 Å². The number of rotatable bonds is 1. The Hall–Kier alpha value is -2.36. The lowest BCUT2D eigenvalue weighted by Gasteiger charge is -2.14. The molecule has 0 spiro atoms. The highest BCUT2D eigenvalue weighted by Gasteiger charge is 2.39. The second kappa shape index (κ2) is 3.84.